The molecule has 1 aliphatic rings. The Labute approximate surface area is 167 Å². The van der Waals surface area contributed by atoms with Crippen molar-refractivity contribution in [1.82, 2.24) is 9.97 Å². The van der Waals surface area contributed by atoms with Gasteiger partial charge in [0.15, 0.2) is 20.7 Å². The zero-order chi connectivity index (χ0) is 19.2. The molecule has 27 heavy (non-hydrogen) atoms. The van der Waals surface area contributed by atoms with Gasteiger partial charge in [-0.2, -0.15) is 0 Å². The van der Waals surface area contributed by atoms with Gasteiger partial charge in [0.1, 0.15) is 0 Å². The third kappa shape index (κ3) is 3.61. The van der Waals surface area contributed by atoms with E-state index in [1.807, 2.05) is 12.1 Å². The SMILES string of the molecule is CS(=O)(=O)c1nc2cc(Cl)c(Cl)cc2nc1NC1CCCc2ccccc21. The molecule has 0 aliphatic heterocycles. The average Bonchev–Trinajstić information content (AvgIpc) is 2.62. The van der Waals surface area contributed by atoms with Gasteiger partial charge in [0, 0.05) is 6.26 Å². The first-order chi connectivity index (χ1) is 12.8. The lowest BCUT2D eigenvalue weighted by molar-refractivity contribution is 0.589. The van der Waals surface area contributed by atoms with Crippen LogP contribution in [-0.2, 0) is 16.3 Å². The highest BCUT2D eigenvalue weighted by molar-refractivity contribution is 7.90. The second-order valence-electron chi connectivity index (χ2n) is 6.69. The summed E-state index contributed by atoms with van der Waals surface area (Å²) < 4.78 is 24.7. The molecule has 5 nitrogen and oxygen atoms in total. The number of nitrogens with one attached hydrogen (secondary N) is 1. The van der Waals surface area contributed by atoms with Crippen molar-refractivity contribution in [2.75, 3.05) is 11.6 Å². The van der Waals surface area contributed by atoms with E-state index in [0.29, 0.717) is 21.1 Å². The van der Waals surface area contributed by atoms with Crippen molar-refractivity contribution in [3.63, 3.8) is 0 Å². The van der Waals surface area contributed by atoms with Gasteiger partial charge in [-0.25, -0.2) is 18.4 Å². The van der Waals surface area contributed by atoms with E-state index in [0.717, 1.165) is 25.5 Å². The monoisotopic (exact) mass is 421 g/mol. The summed E-state index contributed by atoms with van der Waals surface area (Å²) in [6.07, 6.45) is 4.05. The number of aryl methyl sites for hydroxylation is 1. The normalized spacial score (nSPS) is 16.9. The van der Waals surface area contributed by atoms with Gasteiger partial charge in [0.25, 0.3) is 0 Å². The molecule has 2 aromatic carbocycles. The predicted molar refractivity (Wildman–Crippen MR) is 108 cm³/mol. The average molecular weight is 422 g/mol. The molecule has 0 bridgehead atoms. The Hall–Kier alpha value is -1.89. The smallest absolute Gasteiger partial charge is 0.198 e. The lowest BCUT2D eigenvalue weighted by Crippen LogP contribution is -2.20. The van der Waals surface area contributed by atoms with E-state index in [1.165, 1.54) is 17.2 Å². The number of aromatic nitrogens is 2. The number of halogens is 2. The van der Waals surface area contributed by atoms with Gasteiger partial charge in [0.2, 0.25) is 0 Å². The number of rotatable bonds is 3. The van der Waals surface area contributed by atoms with Crippen molar-refractivity contribution in [3.05, 3.63) is 57.6 Å². The molecule has 1 N–H and O–H groups in total. The van der Waals surface area contributed by atoms with Crippen LogP contribution in [0.5, 0.6) is 0 Å². The number of benzene rings is 2. The highest BCUT2D eigenvalue weighted by Crippen LogP contribution is 2.34. The molecule has 1 aliphatic carbocycles. The third-order valence-electron chi connectivity index (χ3n) is 4.71. The maximum absolute atomic E-state index is 12.3. The first-order valence-electron chi connectivity index (χ1n) is 8.54. The van der Waals surface area contributed by atoms with Gasteiger partial charge >= 0.3 is 0 Å². The Morgan fingerprint density at radius 3 is 2.44 bits per heavy atom. The van der Waals surface area contributed by atoms with E-state index < -0.39 is 9.84 Å². The minimum absolute atomic E-state index is 0.0232. The van der Waals surface area contributed by atoms with Crippen LogP contribution in [0.4, 0.5) is 5.82 Å². The Kier molecular flexibility index (Phi) is 4.74. The largest absolute Gasteiger partial charge is 0.361 e. The van der Waals surface area contributed by atoms with Crippen LogP contribution in [0.25, 0.3) is 11.0 Å². The summed E-state index contributed by atoms with van der Waals surface area (Å²) in [5.74, 6) is 0.241. The highest BCUT2D eigenvalue weighted by atomic mass is 35.5. The Bertz CT molecular complexity index is 1150. The number of hydrogen-bond acceptors (Lipinski definition) is 5. The fourth-order valence-corrected chi connectivity index (χ4v) is 4.49. The maximum atomic E-state index is 12.3. The van der Waals surface area contributed by atoms with E-state index in [9.17, 15) is 8.42 Å². The summed E-state index contributed by atoms with van der Waals surface area (Å²) in [4.78, 5) is 8.83. The van der Waals surface area contributed by atoms with Crippen molar-refractivity contribution < 1.29 is 8.42 Å². The second kappa shape index (κ2) is 6.93. The maximum Gasteiger partial charge on any atom is 0.198 e. The van der Waals surface area contributed by atoms with Gasteiger partial charge < -0.3 is 5.32 Å². The summed E-state index contributed by atoms with van der Waals surface area (Å²) >= 11 is 12.1. The summed E-state index contributed by atoms with van der Waals surface area (Å²) in [6, 6.07) is 11.3. The van der Waals surface area contributed by atoms with Crippen molar-refractivity contribution in [3.8, 4) is 0 Å². The molecule has 0 fully saturated rings. The number of hydrogen-bond donors (Lipinski definition) is 1. The van der Waals surface area contributed by atoms with Gasteiger partial charge in [-0.15, -0.1) is 0 Å². The fourth-order valence-electron chi connectivity index (χ4n) is 3.46. The molecule has 0 spiro atoms. The molecular formula is C19H17Cl2N3O2S. The van der Waals surface area contributed by atoms with Gasteiger partial charge in [0.05, 0.1) is 27.1 Å². The van der Waals surface area contributed by atoms with Crippen molar-refractivity contribution in [2.45, 2.75) is 30.3 Å². The fraction of sp³-hybridized carbons (Fsp3) is 0.263. The van der Waals surface area contributed by atoms with Crippen LogP contribution in [0.3, 0.4) is 0 Å². The van der Waals surface area contributed by atoms with E-state index in [1.54, 1.807) is 6.07 Å². The topological polar surface area (TPSA) is 72.0 Å². The standard InChI is InChI=1S/C19H17Cl2N3O2S/c1-27(25,26)19-18(23-16-9-13(20)14(21)10-17(16)24-19)22-15-8-4-6-11-5-2-3-7-12(11)15/h2-3,5,7,9-10,15H,4,6,8H2,1H3,(H,22,23). The third-order valence-corrected chi connectivity index (χ3v) is 6.42. The zero-order valence-corrected chi connectivity index (χ0v) is 16.9. The Balaban J connectivity index is 1.84. The first-order valence-corrected chi connectivity index (χ1v) is 11.2. The molecule has 0 radical (unpaired) electrons. The lowest BCUT2D eigenvalue weighted by atomic mass is 9.88. The summed E-state index contributed by atoms with van der Waals surface area (Å²) in [5.41, 5.74) is 3.31. The Morgan fingerprint density at radius 2 is 1.74 bits per heavy atom. The van der Waals surface area contributed by atoms with Gasteiger partial charge in [-0.05, 0) is 42.5 Å². The molecular weight excluding hydrogens is 405 g/mol. The molecule has 0 amide bonds. The van der Waals surface area contributed by atoms with Crippen LogP contribution >= 0.6 is 23.2 Å². The van der Waals surface area contributed by atoms with Crippen LogP contribution in [-0.4, -0.2) is 24.6 Å². The number of sulfone groups is 1. The van der Waals surface area contributed by atoms with Gasteiger partial charge in [-0.3, -0.25) is 0 Å². The van der Waals surface area contributed by atoms with Crippen LogP contribution in [0.15, 0.2) is 41.4 Å². The Morgan fingerprint density at radius 1 is 1.07 bits per heavy atom. The van der Waals surface area contributed by atoms with Crippen molar-refractivity contribution in [2.24, 2.45) is 0 Å². The molecule has 4 rings (SSSR count). The summed E-state index contributed by atoms with van der Waals surface area (Å²) in [6.45, 7) is 0. The minimum Gasteiger partial charge on any atom is -0.361 e. The molecule has 1 atom stereocenters. The highest BCUT2D eigenvalue weighted by Gasteiger charge is 2.25. The van der Waals surface area contributed by atoms with E-state index in [-0.39, 0.29) is 16.9 Å². The first kappa shape index (κ1) is 18.5. The number of nitrogens with zero attached hydrogens (tertiary/aromatic N) is 2. The van der Waals surface area contributed by atoms with Crippen LogP contribution < -0.4 is 5.32 Å². The summed E-state index contributed by atoms with van der Waals surface area (Å²) in [5, 5.41) is 3.88. The number of anilines is 1. The van der Waals surface area contributed by atoms with E-state index in [2.05, 4.69) is 27.4 Å². The lowest BCUT2D eigenvalue weighted by Gasteiger charge is -2.27. The zero-order valence-electron chi connectivity index (χ0n) is 14.5. The minimum atomic E-state index is -3.59. The van der Waals surface area contributed by atoms with Crippen LogP contribution in [0, 0.1) is 0 Å². The molecule has 0 saturated heterocycles. The van der Waals surface area contributed by atoms with E-state index >= 15 is 0 Å². The molecule has 1 unspecified atom stereocenters. The molecule has 8 heteroatoms. The molecule has 140 valence electrons. The second-order valence-corrected chi connectivity index (χ2v) is 9.44. The molecule has 1 aromatic heterocycles. The molecule has 0 saturated carbocycles. The molecule has 1 heterocycles. The predicted octanol–water partition coefficient (Wildman–Crippen LogP) is 4.83. The van der Waals surface area contributed by atoms with Crippen molar-refractivity contribution >= 4 is 49.9 Å². The van der Waals surface area contributed by atoms with E-state index in [4.69, 9.17) is 23.2 Å². The molecule has 3 aromatic rings. The quantitative estimate of drug-likeness (QED) is 0.655. The van der Waals surface area contributed by atoms with Crippen LogP contribution in [0.2, 0.25) is 10.0 Å². The van der Waals surface area contributed by atoms with Crippen LogP contribution in [0.1, 0.15) is 30.0 Å². The van der Waals surface area contributed by atoms with Crippen molar-refractivity contribution in [1.29, 1.82) is 0 Å². The summed E-state index contributed by atoms with van der Waals surface area (Å²) in [7, 11) is -3.59. The number of fused-ring (bicyclic) bond motifs is 2. The van der Waals surface area contributed by atoms with Gasteiger partial charge in [-0.1, -0.05) is 47.5 Å².